The van der Waals surface area contributed by atoms with Gasteiger partial charge in [0, 0.05) is 24.2 Å². The lowest BCUT2D eigenvalue weighted by molar-refractivity contribution is 0.136. The fraction of sp³-hybridized carbons (Fsp3) is 0.588. The lowest BCUT2D eigenvalue weighted by atomic mass is 9.65. The van der Waals surface area contributed by atoms with E-state index >= 15 is 0 Å². The lowest BCUT2D eigenvalue weighted by Gasteiger charge is -2.39. The van der Waals surface area contributed by atoms with Crippen molar-refractivity contribution in [3.63, 3.8) is 0 Å². The van der Waals surface area contributed by atoms with E-state index in [1.165, 1.54) is 30.6 Å². The summed E-state index contributed by atoms with van der Waals surface area (Å²) in [5, 5.41) is 5.92. The maximum absolute atomic E-state index is 6.42. The Morgan fingerprint density at radius 3 is 2.83 bits per heavy atom. The van der Waals surface area contributed by atoms with Crippen LogP contribution >= 0.6 is 11.3 Å². The second-order valence-electron chi connectivity index (χ2n) is 8.26. The highest BCUT2D eigenvalue weighted by Gasteiger charge is 2.50. The zero-order valence-corrected chi connectivity index (χ0v) is 15.2. The number of nitrogens with two attached hydrogens (primary N) is 1. The summed E-state index contributed by atoms with van der Waals surface area (Å²) in [7, 11) is 0. The van der Waals surface area contributed by atoms with Crippen LogP contribution < -0.4 is 16.0 Å². The number of nitrogens with one attached hydrogen (secondary N) is 1. The first kappa shape index (κ1) is 15.6. The number of rotatable bonds is 3. The Bertz CT molecular complexity index is 744. The zero-order valence-electron chi connectivity index (χ0n) is 14.4. The average molecular weight is 344 g/mol. The smallest absolute Gasteiger partial charge is 0.188 e. The first-order valence-electron chi connectivity index (χ1n) is 8.39. The van der Waals surface area contributed by atoms with E-state index in [4.69, 9.17) is 5.73 Å². The molecule has 2 aromatic heterocycles. The van der Waals surface area contributed by atoms with Gasteiger partial charge in [-0.25, -0.2) is 15.0 Å². The number of hydrogen-bond donors (Lipinski definition) is 2. The summed E-state index contributed by atoms with van der Waals surface area (Å²) in [4.78, 5) is 15.5. The normalized spacial score (nSPS) is 28.1. The maximum atomic E-state index is 6.42. The summed E-state index contributed by atoms with van der Waals surface area (Å²) in [6, 6.07) is 0.503. The van der Waals surface area contributed by atoms with E-state index in [0.717, 1.165) is 17.5 Å². The molecule has 0 amide bonds. The van der Waals surface area contributed by atoms with Gasteiger partial charge in [0.15, 0.2) is 16.8 Å². The van der Waals surface area contributed by atoms with Crippen LogP contribution in [0.25, 0.3) is 0 Å². The number of aromatic nitrogens is 3. The van der Waals surface area contributed by atoms with Gasteiger partial charge >= 0.3 is 0 Å². The third-order valence-electron chi connectivity index (χ3n) is 5.21. The summed E-state index contributed by atoms with van der Waals surface area (Å²) in [5.41, 5.74) is 7.74. The SMILES string of the molecule is CC1(C)CC2CC(C)(CN2c2ncnc(Nc3nccs3)c2N)C1. The van der Waals surface area contributed by atoms with Gasteiger partial charge in [-0.2, -0.15) is 0 Å². The number of fused-ring (bicyclic) bond motifs is 2. The van der Waals surface area contributed by atoms with Crippen molar-refractivity contribution in [3.05, 3.63) is 17.9 Å². The highest BCUT2D eigenvalue weighted by molar-refractivity contribution is 7.13. The molecule has 2 fully saturated rings. The Balaban J connectivity index is 1.65. The lowest BCUT2D eigenvalue weighted by Crippen LogP contribution is -2.35. The minimum atomic E-state index is 0.340. The molecule has 2 atom stereocenters. The van der Waals surface area contributed by atoms with E-state index in [0.29, 0.717) is 28.4 Å². The molecule has 24 heavy (non-hydrogen) atoms. The van der Waals surface area contributed by atoms with E-state index in [1.54, 1.807) is 12.5 Å². The second-order valence-corrected chi connectivity index (χ2v) is 9.16. The van der Waals surface area contributed by atoms with Crippen LogP contribution in [0.5, 0.6) is 0 Å². The van der Waals surface area contributed by atoms with Gasteiger partial charge in [0.1, 0.15) is 12.0 Å². The highest BCUT2D eigenvalue weighted by atomic mass is 32.1. The van der Waals surface area contributed by atoms with E-state index in [-0.39, 0.29) is 0 Å². The molecule has 2 aliphatic rings. The predicted octanol–water partition coefficient (Wildman–Crippen LogP) is 3.66. The van der Waals surface area contributed by atoms with Crippen molar-refractivity contribution in [2.75, 3.05) is 22.5 Å². The maximum Gasteiger partial charge on any atom is 0.188 e. The number of anilines is 4. The molecule has 0 aromatic carbocycles. The molecule has 2 unspecified atom stereocenters. The quantitative estimate of drug-likeness (QED) is 0.884. The van der Waals surface area contributed by atoms with Crippen LogP contribution in [-0.2, 0) is 0 Å². The van der Waals surface area contributed by atoms with Crippen LogP contribution in [0.3, 0.4) is 0 Å². The largest absolute Gasteiger partial charge is 0.393 e. The Morgan fingerprint density at radius 1 is 1.25 bits per heavy atom. The Labute approximate surface area is 146 Å². The van der Waals surface area contributed by atoms with Gasteiger partial charge in [-0.3, -0.25) is 0 Å². The predicted molar refractivity (Wildman–Crippen MR) is 98.7 cm³/mol. The molecule has 7 heteroatoms. The molecule has 1 aliphatic carbocycles. The summed E-state index contributed by atoms with van der Waals surface area (Å²) >= 11 is 1.53. The molecule has 2 bridgehead atoms. The number of thiazole rings is 1. The second kappa shape index (κ2) is 5.31. The molecule has 1 saturated heterocycles. The van der Waals surface area contributed by atoms with Crippen LogP contribution in [0, 0.1) is 10.8 Å². The molecule has 0 radical (unpaired) electrons. The Hall–Kier alpha value is -1.89. The molecule has 3 heterocycles. The Kier molecular flexibility index (Phi) is 3.46. The molecule has 128 valence electrons. The minimum Gasteiger partial charge on any atom is -0.393 e. The summed E-state index contributed by atoms with van der Waals surface area (Å²) in [6.45, 7) is 8.16. The molecule has 0 spiro atoms. The van der Waals surface area contributed by atoms with Crippen LogP contribution in [-0.4, -0.2) is 27.5 Å². The van der Waals surface area contributed by atoms with E-state index in [2.05, 4.69) is 45.9 Å². The third-order valence-corrected chi connectivity index (χ3v) is 5.90. The van der Waals surface area contributed by atoms with Crippen molar-refractivity contribution in [1.29, 1.82) is 0 Å². The van der Waals surface area contributed by atoms with Gasteiger partial charge in [0.2, 0.25) is 0 Å². The molecule has 2 aromatic rings. The van der Waals surface area contributed by atoms with Crippen molar-refractivity contribution in [2.45, 2.75) is 46.1 Å². The minimum absolute atomic E-state index is 0.340. The molecule has 6 nitrogen and oxygen atoms in total. The third kappa shape index (κ3) is 2.70. The van der Waals surface area contributed by atoms with Gasteiger partial charge in [-0.05, 0) is 30.1 Å². The molecular formula is C17H24N6S. The fourth-order valence-electron chi connectivity index (χ4n) is 4.81. The fourth-order valence-corrected chi connectivity index (χ4v) is 5.34. The number of nitrogen functional groups attached to an aromatic ring is 1. The van der Waals surface area contributed by atoms with Crippen molar-refractivity contribution < 1.29 is 0 Å². The van der Waals surface area contributed by atoms with E-state index < -0.39 is 0 Å². The first-order chi connectivity index (χ1) is 11.4. The highest BCUT2D eigenvalue weighted by Crippen LogP contribution is 2.54. The topological polar surface area (TPSA) is 80.0 Å². The van der Waals surface area contributed by atoms with Gasteiger partial charge in [0.25, 0.3) is 0 Å². The van der Waals surface area contributed by atoms with Crippen molar-refractivity contribution >= 4 is 33.8 Å². The van der Waals surface area contributed by atoms with Crippen molar-refractivity contribution in [2.24, 2.45) is 10.8 Å². The molecule has 3 N–H and O–H groups in total. The van der Waals surface area contributed by atoms with Crippen LogP contribution in [0.4, 0.5) is 22.5 Å². The van der Waals surface area contributed by atoms with Gasteiger partial charge in [0.05, 0.1) is 0 Å². The summed E-state index contributed by atoms with van der Waals surface area (Å²) in [5.74, 6) is 1.50. The van der Waals surface area contributed by atoms with Crippen LogP contribution in [0.1, 0.15) is 40.0 Å². The van der Waals surface area contributed by atoms with Gasteiger partial charge in [-0.15, -0.1) is 11.3 Å². The van der Waals surface area contributed by atoms with Crippen molar-refractivity contribution in [1.82, 2.24) is 15.0 Å². The van der Waals surface area contributed by atoms with E-state index in [1.807, 2.05) is 5.38 Å². The van der Waals surface area contributed by atoms with Crippen LogP contribution in [0.2, 0.25) is 0 Å². The molecule has 4 rings (SSSR count). The molecule has 1 saturated carbocycles. The number of hydrogen-bond acceptors (Lipinski definition) is 7. The zero-order chi connectivity index (χ0) is 16.9. The van der Waals surface area contributed by atoms with Gasteiger partial charge < -0.3 is 16.0 Å². The number of nitrogens with zero attached hydrogens (tertiary/aromatic N) is 4. The first-order valence-corrected chi connectivity index (χ1v) is 9.27. The molecular weight excluding hydrogens is 320 g/mol. The van der Waals surface area contributed by atoms with Crippen LogP contribution in [0.15, 0.2) is 17.9 Å². The monoisotopic (exact) mass is 344 g/mol. The van der Waals surface area contributed by atoms with Crippen molar-refractivity contribution in [3.8, 4) is 0 Å². The standard InChI is InChI=1S/C17H24N6S/c1-16(2)6-11-7-17(3,8-16)9-23(11)14-12(18)13(20-10-21-14)22-15-19-4-5-24-15/h4-5,10-11H,6-9,18H2,1-3H3,(H,19,20,21,22). The molecule has 1 aliphatic heterocycles. The summed E-state index contributed by atoms with van der Waals surface area (Å²) < 4.78 is 0. The average Bonchev–Trinajstić information content (AvgIpc) is 3.06. The van der Waals surface area contributed by atoms with Gasteiger partial charge in [-0.1, -0.05) is 20.8 Å². The summed E-state index contributed by atoms with van der Waals surface area (Å²) in [6.07, 6.45) is 7.01. The Morgan fingerprint density at radius 2 is 2.08 bits per heavy atom. The van der Waals surface area contributed by atoms with E-state index in [9.17, 15) is 0 Å².